The average molecular weight is 278 g/mol. The van der Waals surface area contributed by atoms with Gasteiger partial charge in [0, 0.05) is 5.69 Å². The Morgan fingerprint density at radius 2 is 2.00 bits per heavy atom. The third kappa shape index (κ3) is 3.81. The summed E-state index contributed by atoms with van der Waals surface area (Å²) in [6, 6.07) is 8.96. The molecule has 0 spiro atoms. The lowest BCUT2D eigenvalue weighted by atomic mass is 10.3. The lowest BCUT2D eigenvalue weighted by Gasteiger charge is -2.03. The van der Waals surface area contributed by atoms with Crippen LogP contribution in [0.3, 0.4) is 0 Å². The van der Waals surface area contributed by atoms with Crippen molar-refractivity contribution in [3.8, 4) is 0 Å². The van der Waals surface area contributed by atoms with Crippen molar-refractivity contribution < 1.29 is 4.79 Å². The maximum Gasteiger partial charge on any atom is 0.342 e. The van der Waals surface area contributed by atoms with E-state index in [2.05, 4.69) is 15.5 Å². The molecule has 3 N–H and O–H groups in total. The van der Waals surface area contributed by atoms with Gasteiger partial charge in [0.1, 0.15) is 0 Å². The van der Waals surface area contributed by atoms with E-state index < -0.39 is 11.2 Å². The molecule has 0 aliphatic heterocycles. The zero-order chi connectivity index (χ0) is 13.7. The van der Waals surface area contributed by atoms with E-state index >= 15 is 0 Å². The number of thioether (sulfide) groups is 1. The normalized spacial score (nSPS) is 10.1. The average Bonchev–Trinajstić information content (AvgIpc) is 2.39. The minimum Gasteiger partial charge on any atom is -0.325 e. The topological polar surface area (TPSA) is 108 Å². The van der Waals surface area contributed by atoms with Crippen LogP contribution in [-0.2, 0) is 4.79 Å². The number of hydrogen-bond acceptors (Lipinski definition) is 5. The number of H-pyrrole nitrogens is 2. The molecule has 2 rings (SSSR count). The second-order valence-electron chi connectivity index (χ2n) is 3.51. The van der Waals surface area contributed by atoms with E-state index in [0.29, 0.717) is 5.69 Å². The quantitative estimate of drug-likeness (QED) is 0.692. The molecule has 0 fully saturated rings. The number of nitrogens with zero attached hydrogens (tertiary/aromatic N) is 1. The number of aromatic amines is 2. The summed E-state index contributed by atoms with van der Waals surface area (Å²) >= 11 is 0.946. The molecule has 0 saturated carbocycles. The number of carbonyl (C=O) groups excluding carboxylic acids is 1. The summed E-state index contributed by atoms with van der Waals surface area (Å²) in [4.78, 5) is 35.7. The summed E-state index contributed by atoms with van der Waals surface area (Å²) in [5, 5.41) is 8.37. The highest BCUT2D eigenvalue weighted by Crippen LogP contribution is 2.10. The van der Waals surface area contributed by atoms with Crippen LogP contribution in [0.5, 0.6) is 0 Å². The van der Waals surface area contributed by atoms with Gasteiger partial charge in [-0.25, -0.2) is 9.89 Å². The van der Waals surface area contributed by atoms with E-state index in [1.807, 2.05) is 11.1 Å². The predicted molar refractivity (Wildman–Crippen MR) is 71.3 cm³/mol. The number of carbonyl (C=O) groups is 1. The van der Waals surface area contributed by atoms with Gasteiger partial charge in [-0.1, -0.05) is 30.0 Å². The Hall–Kier alpha value is -2.35. The van der Waals surface area contributed by atoms with Crippen molar-refractivity contribution in [2.45, 2.75) is 5.03 Å². The van der Waals surface area contributed by atoms with E-state index in [1.54, 1.807) is 24.3 Å². The standard InChI is InChI=1S/C11H10N4O3S/c16-8(12-7-4-2-1-3-5-7)6-19-10-9(17)13-11(18)15-14-10/h1-5H,6H2,(H,12,16)(H2,13,15,17,18). The van der Waals surface area contributed by atoms with Gasteiger partial charge in [-0.2, -0.15) is 5.10 Å². The Morgan fingerprint density at radius 1 is 1.26 bits per heavy atom. The molecule has 0 aliphatic carbocycles. The van der Waals surface area contributed by atoms with Gasteiger partial charge in [0.25, 0.3) is 5.56 Å². The van der Waals surface area contributed by atoms with Crippen molar-refractivity contribution in [3.63, 3.8) is 0 Å². The zero-order valence-electron chi connectivity index (χ0n) is 9.67. The molecule has 1 aromatic heterocycles. The fourth-order valence-electron chi connectivity index (χ4n) is 1.29. The third-order valence-electron chi connectivity index (χ3n) is 2.08. The summed E-state index contributed by atoms with van der Waals surface area (Å²) in [6.07, 6.45) is 0. The highest BCUT2D eigenvalue weighted by atomic mass is 32.2. The molecule has 1 heterocycles. The van der Waals surface area contributed by atoms with E-state index in [4.69, 9.17) is 0 Å². The first-order valence-corrected chi connectivity index (χ1v) is 6.30. The Kier molecular flexibility index (Phi) is 4.14. The second-order valence-corrected chi connectivity index (χ2v) is 4.48. The molecular formula is C11H10N4O3S. The summed E-state index contributed by atoms with van der Waals surface area (Å²) in [6.45, 7) is 0. The number of aromatic nitrogens is 3. The molecular weight excluding hydrogens is 268 g/mol. The Bertz CT molecular complexity index is 680. The van der Waals surface area contributed by atoms with Gasteiger partial charge in [-0.05, 0) is 12.1 Å². The Balaban J connectivity index is 1.94. The minimum absolute atomic E-state index is 0.0248. The van der Waals surface area contributed by atoms with Gasteiger partial charge < -0.3 is 5.32 Å². The van der Waals surface area contributed by atoms with Crippen LogP contribution in [0.1, 0.15) is 0 Å². The number of amides is 1. The van der Waals surface area contributed by atoms with Crippen LogP contribution >= 0.6 is 11.8 Å². The summed E-state index contributed by atoms with van der Waals surface area (Å²) in [5.41, 5.74) is -0.610. The first kappa shape index (κ1) is 13.1. The number of nitrogens with one attached hydrogen (secondary N) is 3. The van der Waals surface area contributed by atoms with Crippen molar-refractivity contribution in [1.82, 2.24) is 15.2 Å². The van der Waals surface area contributed by atoms with Crippen molar-refractivity contribution in [2.24, 2.45) is 0 Å². The van der Waals surface area contributed by atoms with Crippen molar-refractivity contribution in [1.29, 1.82) is 0 Å². The van der Waals surface area contributed by atoms with Gasteiger partial charge in [0.15, 0.2) is 5.03 Å². The monoisotopic (exact) mass is 278 g/mol. The fourth-order valence-corrected chi connectivity index (χ4v) is 1.92. The molecule has 0 saturated heterocycles. The first-order valence-electron chi connectivity index (χ1n) is 5.32. The maximum atomic E-state index is 11.6. The molecule has 0 aliphatic rings. The van der Waals surface area contributed by atoms with E-state index in [0.717, 1.165) is 11.8 Å². The number of hydrogen-bond donors (Lipinski definition) is 3. The summed E-state index contributed by atoms with van der Waals surface area (Å²) in [7, 11) is 0. The molecule has 0 bridgehead atoms. The molecule has 2 aromatic rings. The Labute approximate surface area is 111 Å². The first-order chi connectivity index (χ1) is 9.15. The van der Waals surface area contributed by atoms with Gasteiger partial charge in [-0.15, -0.1) is 0 Å². The summed E-state index contributed by atoms with van der Waals surface area (Å²) < 4.78 is 0. The summed E-state index contributed by atoms with van der Waals surface area (Å²) in [5.74, 6) is -0.236. The van der Waals surface area contributed by atoms with Crippen LogP contribution in [0.25, 0.3) is 0 Å². The van der Waals surface area contributed by atoms with Crippen LogP contribution in [0, 0.1) is 0 Å². The maximum absolute atomic E-state index is 11.6. The van der Waals surface area contributed by atoms with Gasteiger partial charge in [0.2, 0.25) is 5.91 Å². The third-order valence-corrected chi connectivity index (χ3v) is 3.03. The molecule has 8 heteroatoms. The van der Waals surface area contributed by atoms with Crippen LogP contribution in [0.2, 0.25) is 0 Å². The van der Waals surface area contributed by atoms with E-state index in [9.17, 15) is 14.4 Å². The predicted octanol–water partition coefficient (Wildman–Crippen LogP) is 0.189. The molecule has 7 nitrogen and oxygen atoms in total. The molecule has 19 heavy (non-hydrogen) atoms. The number of para-hydroxylation sites is 1. The molecule has 0 unspecified atom stereocenters. The molecule has 0 atom stereocenters. The van der Waals surface area contributed by atoms with Gasteiger partial charge >= 0.3 is 5.69 Å². The van der Waals surface area contributed by atoms with Crippen LogP contribution < -0.4 is 16.6 Å². The Morgan fingerprint density at radius 3 is 2.68 bits per heavy atom. The highest BCUT2D eigenvalue weighted by Gasteiger charge is 2.07. The lowest BCUT2D eigenvalue weighted by Crippen LogP contribution is -2.25. The van der Waals surface area contributed by atoms with Crippen molar-refractivity contribution in [2.75, 3.05) is 11.1 Å². The van der Waals surface area contributed by atoms with Gasteiger partial charge in [0.05, 0.1) is 5.75 Å². The van der Waals surface area contributed by atoms with Gasteiger partial charge in [-0.3, -0.25) is 14.6 Å². The highest BCUT2D eigenvalue weighted by molar-refractivity contribution is 7.99. The van der Waals surface area contributed by atoms with E-state index in [1.165, 1.54) is 0 Å². The van der Waals surface area contributed by atoms with Crippen molar-refractivity contribution in [3.05, 3.63) is 51.2 Å². The molecule has 1 amide bonds. The fraction of sp³-hybridized carbons (Fsp3) is 0.0909. The molecule has 0 radical (unpaired) electrons. The SMILES string of the molecule is O=C(CSc1n[nH]c(=O)[nH]c1=O)Nc1ccccc1. The molecule has 1 aromatic carbocycles. The van der Waals surface area contributed by atoms with Crippen molar-refractivity contribution >= 4 is 23.4 Å². The minimum atomic E-state index is -0.678. The number of rotatable bonds is 4. The number of benzene rings is 1. The van der Waals surface area contributed by atoms with E-state index in [-0.39, 0.29) is 16.7 Å². The smallest absolute Gasteiger partial charge is 0.325 e. The van der Waals surface area contributed by atoms with Crippen LogP contribution in [0.4, 0.5) is 5.69 Å². The molecule has 98 valence electrons. The second kappa shape index (κ2) is 6.01. The zero-order valence-corrected chi connectivity index (χ0v) is 10.5. The number of anilines is 1. The largest absolute Gasteiger partial charge is 0.342 e. The van der Waals surface area contributed by atoms with Crippen LogP contribution in [0.15, 0.2) is 44.9 Å². The van der Waals surface area contributed by atoms with Crippen LogP contribution in [-0.4, -0.2) is 26.8 Å². The lowest BCUT2D eigenvalue weighted by molar-refractivity contribution is -0.113.